The first-order valence-corrected chi connectivity index (χ1v) is 16.9. The van der Waals surface area contributed by atoms with Crippen LogP contribution < -0.4 is 5.32 Å². The molecule has 0 aliphatic carbocycles. The second-order valence-electron chi connectivity index (χ2n) is 11.0. The van der Waals surface area contributed by atoms with Crippen LogP contribution in [0.25, 0.3) is 0 Å². The second-order valence-corrected chi connectivity index (χ2v) is 11.0. The van der Waals surface area contributed by atoms with Gasteiger partial charge in [0.25, 0.3) is 0 Å². The van der Waals surface area contributed by atoms with Crippen LogP contribution >= 0.6 is 0 Å². The molecule has 6 nitrogen and oxygen atoms in total. The van der Waals surface area contributed by atoms with Crippen molar-refractivity contribution in [1.82, 2.24) is 5.32 Å². The van der Waals surface area contributed by atoms with Crippen molar-refractivity contribution in [1.29, 1.82) is 0 Å². The molecule has 0 fully saturated rings. The molecule has 0 radical (unpaired) electrons. The normalized spacial score (nSPS) is 12.8. The van der Waals surface area contributed by atoms with E-state index in [1.54, 1.807) is 0 Å². The first-order valence-electron chi connectivity index (χ1n) is 16.9. The van der Waals surface area contributed by atoms with Crippen LogP contribution in [-0.2, 0) is 19.1 Å². The van der Waals surface area contributed by atoms with E-state index in [9.17, 15) is 14.4 Å². The highest BCUT2D eigenvalue weighted by atomic mass is 16.5. The van der Waals surface area contributed by atoms with Gasteiger partial charge in [-0.15, -0.1) is 0 Å². The molecule has 0 aliphatic rings. The molecule has 1 atom stereocenters. The summed E-state index contributed by atoms with van der Waals surface area (Å²) in [6, 6.07) is 0. The highest BCUT2D eigenvalue weighted by Crippen LogP contribution is 2.14. The summed E-state index contributed by atoms with van der Waals surface area (Å²) in [6.45, 7) is 4.03. The molecule has 0 rings (SSSR count). The molecule has 1 amide bonds. The predicted molar refractivity (Wildman–Crippen MR) is 180 cm³/mol. The number of ether oxygens (including phenoxy) is 1. The third-order valence-electron chi connectivity index (χ3n) is 6.91. The number of carboxylic acid groups (broad SMARTS) is 1. The van der Waals surface area contributed by atoms with E-state index in [2.05, 4.69) is 73.8 Å². The quantitative estimate of drug-likeness (QED) is 0.0507. The highest BCUT2D eigenvalue weighted by Gasteiger charge is 2.11. The van der Waals surface area contributed by atoms with Crippen molar-refractivity contribution in [2.45, 2.75) is 148 Å². The third kappa shape index (κ3) is 31.9. The molecule has 0 aromatic carbocycles. The highest BCUT2D eigenvalue weighted by molar-refractivity contribution is 5.80. The Hall–Kier alpha value is -2.89. The molecule has 6 heteroatoms. The van der Waals surface area contributed by atoms with Gasteiger partial charge in [0.15, 0.2) is 0 Å². The Morgan fingerprint density at radius 3 is 1.86 bits per heavy atom. The number of hydrogen-bond donors (Lipinski definition) is 2. The van der Waals surface area contributed by atoms with Crippen molar-refractivity contribution in [2.75, 3.05) is 6.54 Å². The minimum atomic E-state index is -1.04. The van der Waals surface area contributed by atoms with Gasteiger partial charge in [0.2, 0.25) is 5.91 Å². The lowest BCUT2D eigenvalue weighted by Gasteiger charge is -2.14. The summed E-state index contributed by atoms with van der Waals surface area (Å²) in [5.41, 5.74) is 0. The number of hydrogen-bond acceptors (Lipinski definition) is 4. The fourth-order valence-corrected chi connectivity index (χ4v) is 4.42. The van der Waals surface area contributed by atoms with Gasteiger partial charge >= 0.3 is 11.9 Å². The monoisotopic (exact) mass is 599 g/mol. The second kappa shape index (κ2) is 32.0. The van der Waals surface area contributed by atoms with Crippen molar-refractivity contribution in [2.24, 2.45) is 0 Å². The van der Waals surface area contributed by atoms with E-state index in [4.69, 9.17) is 9.84 Å². The van der Waals surface area contributed by atoms with Crippen LogP contribution in [-0.4, -0.2) is 35.6 Å². The zero-order valence-electron chi connectivity index (χ0n) is 27.3. The topological polar surface area (TPSA) is 92.7 Å². The molecule has 0 heterocycles. The first-order chi connectivity index (χ1) is 21.0. The Kier molecular flexibility index (Phi) is 29.9. The fraction of sp³-hybridized carbons (Fsp3) is 0.649. The number of carboxylic acids is 1. The number of aliphatic carboxylic acids is 1. The van der Waals surface area contributed by atoms with E-state index in [1.807, 2.05) is 6.08 Å². The molecule has 0 aromatic rings. The van der Waals surface area contributed by atoms with Gasteiger partial charge in [0, 0.05) is 12.8 Å². The van der Waals surface area contributed by atoms with Crippen LogP contribution in [0.4, 0.5) is 0 Å². The Morgan fingerprint density at radius 2 is 1.21 bits per heavy atom. The number of nitrogens with one attached hydrogen (secondary N) is 1. The summed E-state index contributed by atoms with van der Waals surface area (Å²) < 4.78 is 5.83. The smallest absolute Gasteiger partial charge is 0.322 e. The zero-order valence-corrected chi connectivity index (χ0v) is 27.3. The Morgan fingerprint density at radius 1 is 0.651 bits per heavy atom. The number of esters is 1. The van der Waals surface area contributed by atoms with Crippen molar-refractivity contribution in [3.05, 3.63) is 60.8 Å². The molecule has 0 spiro atoms. The lowest BCUT2D eigenvalue weighted by molar-refractivity contribution is -0.147. The van der Waals surface area contributed by atoms with E-state index in [1.165, 1.54) is 25.7 Å². The lowest BCUT2D eigenvalue weighted by atomic mass is 10.1. The van der Waals surface area contributed by atoms with E-state index < -0.39 is 5.97 Å². The third-order valence-corrected chi connectivity index (χ3v) is 6.91. The predicted octanol–water partition coefficient (Wildman–Crippen LogP) is 9.72. The van der Waals surface area contributed by atoms with E-state index in [0.29, 0.717) is 12.8 Å². The lowest BCUT2D eigenvalue weighted by Crippen LogP contribution is -2.28. The molecule has 2 N–H and O–H groups in total. The Balaban J connectivity index is 4.35. The van der Waals surface area contributed by atoms with Crippen molar-refractivity contribution in [3.63, 3.8) is 0 Å². The standard InChI is InChI=1S/C37H61NO5/c1-3-5-7-9-11-13-14-15-16-18-20-22-28-32-37(42)43-34(29-25-21-19-17-12-10-8-6-4-2)30-26-23-24-27-31-35(39)38-33-36(40)41/h5,7,11,13,15-17,19,25,29,34H,3-4,6,8-10,12,14,18,20-24,26-28,30-33H2,1-2H3,(H,38,39)(H,40,41)/b7-5-,13-11-,16-15-,19-17-,29-25-. The number of carbonyl (C=O) groups is 3. The van der Waals surface area contributed by atoms with Gasteiger partial charge in [-0.1, -0.05) is 107 Å². The van der Waals surface area contributed by atoms with Crippen LogP contribution in [0.15, 0.2) is 60.8 Å². The van der Waals surface area contributed by atoms with Crippen LogP contribution in [0, 0.1) is 0 Å². The largest absolute Gasteiger partial charge is 0.480 e. The van der Waals surface area contributed by atoms with Crippen molar-refractivity contribution in [3.8, 4) is 0 Å². The van der Waals surface area contributed by atoms with E-state index >= 15 is 0 Å². The van der Waals surface area contributed by atoms with Crippen molar-refractivity contribution >= 4 is 17.8 Å². The molecule has 0 aliphatic heterocycles. The molecule has 0 saturated heterocycles. The number of allylic oxidation sites excluding steroid dienone is 9. The van der Waals surface area contributed by atoms with E-state index in [0.717, 1.165) is 89.9 Å². The van der Waals surface area contributed by atoms with Gasteiger partial charge in [-0.2, -0.15) is 0 Å². The SMILES string of the molecule is CC/C=C\C/C=C\C/C=C\CCCCCC(=O)OC(/C=C\C/C=C\CCCCCC)CCCCCCC(=O)NCC(=O)O. The van der Waals surface area contributed by atoms with Crippen molar-refractivity contribution < 1.29 is 24.2 Å². The first kappa shape index (κ1) is 40.1. The van der Waals surface area contributed by atoms with Crippen LogP contribution in [0.1, 0.15) is 142 Å². The zero-order chi connectivity index (χ0) is 31.6. The molecular weight excluding hydrogens is 538 g/mol. The summed E-state index contributed by atoms with van der Waals surface area (Å²) in [4.78, 5) is 34.7. The molecular formula is C37H61NO5. The molecule has 43 heavy (non-hydrogen) atoms. The summed E-state index contributed by atoms with van der Waals surface area (Å²) in [6.07, 6.45) is 40.6. The van der Waals surface area contributed by atoms with Crippen LogP contribution in [0.2, 0.25) is 0 Å². The molecule has 0 bridgehead atoms. The van der Waals surface area contributed by atoms with Gasteiger partial charge in [-0.3, -0.25) is 14.4 Å². The minimum absolute atomic E-state index is 0.131. The maximum absolute atomic E-state index is 12.6. The molecule has 1 unspecified atom stereocenters. The maximum Gasteiger partial charge on any atom is 0.322 e. The van der Waals surface area contributed by atoms with Gasteiger partial charge < -0.3 is 15.2 Å². The Labute approximate surface area is 262 Å². The minimum Gasteiger partial charge on any atom is -0.480 e. The van der Waals surface area contributed by atoms with Gasteiger partial charge in [0.1, 0.15) is 12.6 Å². The maximum atomic E-state index is 12.6. The number of rotatable bonds is 29. The molecule has 0 saturated carbocycles. The van der Waals surface area contributed by atoms with Gasteiger partial charge in [-0.05, 0) is 83.1 Å². The Bertz CT molecular complexity index is 840. The van der Waals surface area contributed by atoms with Gasteiger partial charge in [0.05, 0.1) is 0 Å². The summed E-state index contributed by atoms with van der Waals surface area (Å²) in [5, 5.41) is 11.0. The van der Waals surface area contributed by atoms with E-state index in [-0.39, 0.29) is 24.5 Å². The summed E-state index contributed by atoms with van der Waals surface area (Å²) in [7, 11) is 0. The van der Waals surface area contributed by atoms with Gasteiger partial charge in [-0.25, -0.2) is 0 Å². The summed E-state index contributed by atoms with van der Waals surface area (Å²) in [5.74, 6) is -1.39. The number of amides is 1. The summed E-state index contributed by atoms with van der Waals surface area (Å²) >= 11 is 0. The number of unbranched alkanes of at least 4 members (excludes halogenated alkanes) is 10. The fourth-order valence-electron chi connectivity index (χ4n) is 4.42. The van der Waals surface area contributed by atoms with Crippen LogP contribution in [0.3, 0.4) is 0 Å². The molecule has 244 valence electrons. The average molecular weight is 600 g/mol. The van der Waals surface area contributed by atoms with Crippen LogP contribution in [0.5, 0.6) is 0 Å². The molecule has 0 aromatic heterocycles. The number of carbonyl (C=O) groups excluding carboxylic acids is 2. The average Bonchev–Trinajstić information content (AvgIpc) is 2.99.